The number of carbonyl (C=O) groups excluding carboxylic acids is 2. The van der Waals surface area contributed by atoms with Crippen molar-refractivity contribution < 1.29 is 19.4 Å². The summed E-state index contributed by atoms with van der Waals surface area (Å²) in [5, 5.41) is 9.78. The predicted molar refractivity (Wildman–Crippen MR) is 68.4 cm³/mol. The molecule has 1 aliphatic heterocycles. The largest absolute Gasteiger partial charge is 0.467 e. The molecule has 0 fully saturated rings. The Morgan fingerprint density at radius 1 is 1.42 bits per heavy atom. The molecule has 1 aromatic rings. The number of benzene rings is 1. The van der Waals surface area contributed by atoms with Gasteiger partial charge < -0.3 is 14.7 Å². The normalized spacial score (nSPS) is 15.6. The van der Waals surface area contributed by atoms with Gasteiger partial charge in [-0.05, 0) is 31.0 Å². The van der Waals surface area contributed by atoms with Crippen molar-refractivity contribution in [3.63, 3.8) is 0 Å². The fourth-order valence-electron chi connectivity index (χ4n) is 2.18. The first-order valence-electron chi connectivity index (χ1n) is 6.15. The van der Waals surface area contributed by atoms with Gasteiger partial charge in [-0.3, -0.25) is 4.79 Å². The summed E-state index contributed by atoms with van der Waals surface area (Å²) in [6.45, 7) is 4.47. The molecular formula is C14H17NO4. The molecule has 102 valence electrons. The molecule has 0 bridgehead atoms. The van der Waals surface area contributed by atoms with Gasteiger partial charge in [0.15, 0.2) is 6.10 Å². The first-order valence-corrected chi connectivity index (χ1v) is 6.15. The molecule has 2 rings (SSSR count). The topological polar surface area (TPSA) is 66.8 Å². The van der Waals surface area contributed by atoms with Crippen molar-refractivity contribution in [3.8, 4) is 0 Å². The van der Waals surface area contributed by atoms with Crippen LogP contribution in [0.5, 0.6) is 0 Å². The number of ether oxygens (including phenoxy) is 1. The summed E-state index contributed by atoms with van der Waals surface area (Å²) in [4.78, 5) is 25.2. The van der Waals surface area contributed by atoms with Crippen LogP contribution in [0.4, 0.5) is 0 Å². The lowest BCUT2D eigenvalue weighted by Crippen LogP contribution is -2.30. The molecule has 5 heteroatoms. The van der Waals surface area contributed by atoms with Crippen LogP contribution in [0.3, 0.4) is 0 Å². The van der Waals surface area contributed by atoms with Crippen LogP contribution in [0, 0.1) is 0 Å². The summed E-state index contributed by atoms with van der Waals surface area (Å²) in [7, 11) is 1.21. The molecular weight excluding hydrogens is 246 g/mol. The highest BCUT2D eigenvalue weighted by Gasteiger charge is 2.30. The molecule has 1 amide bonds. The molecule has 19 heavy (non-hydrogen) atoms. The number of aliphatic hydroxyl groups is 1. The average Bonchev–Trinajstić information content (AvgIpc) is 2.74. The predicted octanol–water partition coefficient (Wildman–Crippen LogP) is 1.26. The van der Waals surface area contributed by atoms with Gasteiger partial charge in [0.25, 0.3) is 5.91 Å². The first kappa shape index (κ1) is 13.5. The number of carbonyl (C=O) groups is 2. The van der Waals surface area contributed by atoms with E-state index in [0.717, 1.165) is 5.56 Å². The third kappa shape index (κ3) is 2.33. The molecule has 1 heterocycles. The monoisotopic (exact) mass is 263 g/mol. The van der Waals surface area contributed by atoms with E-state index in [9.17, 15) is 14.7 Å². The number of fused-ring (bicyclic) bond motifs is 1. The smallest absolute Gasteiger partial charge is 0.339 e. The lowest BCUT2D eigenvalue weighted by molar-refractivity contribution is -0.150. The Morgan fingerprint density at radius 3 is 2.68 bits per heavy atom. The lowest BCUT2D eigenvalue weighted by Gasteiger charge is -2.19. The van der Waals surface area contributed by atoms with Crippen LogP contribution in [-0.4, -0.2) is 35.0 Å². The minimum absolute atomic E-state index is 0.0658. The average molecular weight is 263 g/mol. The van der Waals surface area contributed by atoms with Gasteiger partial charge in [-0.15, -0.1) is 0 Å². The standard InChI is InChI=1S/C14H17NO4/c1-8(2)15-7-10-5-4-9(6-11(10)13(15)17)12(16)14(18)19-3/h4-6,8,12,16H,7H2,1-3H3. The molecule has 1 unspecified atom stereocenters. The van der Waals surface area contributed by atoms with E-state index in [2.05, 4.69) is 4.74 Å². The molecule has 1 atom stereocenters. The van der Waals surface area contributed by atoms with Crippen molar-refractivity contribution >= 4 is 11.9 Å². The van der Waals surface area contributed by atoms with Crippen molar-refractivity contribution in [2.75, 3.05) is 7.11 Å². The maximum absolute atomic E-state index is 12.2. The van der Waals surface area contributed by atoms with Crippen LogP contribution in [0.25, 0.3) is 0 Å². The highest BCUT2D eigenvalue weighted by atomic mass is 16.5. The number of hydrogen-bond acceptors (Lipinski definition) is 4. The van der Waals surface area contributed by atoms with E-state index in [1.54, 1.807) is 23.1 Å². The molecule has 0 saturated carbocycles. The number of aliphatic hydroxyl groups excluding tert-OH is 1. The Bertz CT molecular complexity index is 524. The van der Waals surface area contributed by atoms with Gasteiger partial charge in [0, 0.05) is 18.2 Å². The van der Waals surface area contributed by atoms with E-state index >= 15 is 0 Å². The molecule has 0 spiro atoms. The van der Waals surface area contributed by atoms with E-state index < -0.39 is 12.1 Å². The number of amides is 1. The summed E-state index contributed by atoms with van der Waals surface area (Å²) in [6.07, 6.45) is -1.35. The molecule has 0 saturated heterocycles. The van der Waals surface area contributed by atoms with Gasteiger partial charge >= 0.3 is 5.97 Å². The minimum Gasteiger partial charge on any atom is -0.467 e. The van der Waals surface area contributed by atoms with Crippen LogP contribution >= 0.6 is 0 Å². The molecule has 1 aromatic carbocycles. The number of methoxy groups -OCH3 is 1. The summed E-state index contributed by atoms with van der Waals surface area (Å²) >= 11 is 0. The molecule has 0 aliphatic carbocycles. The third-order valence-corrected chi connectivity index (χ3v) is 3.33. The lowest BCUT2D eigenvalue weighted by atomic mass is 10.0. The molecule has 5 nitrogen and oxygen atoms in total. The van der Waals surface area contributed by atoms with Gasteiger partial charge in [0.05, 0.1) is 7.11 Å². The van der Waals surface area contributed by atoms with E-state index in [1.807, 2.05) is 13.8 Å². The SMILES string of the molecule is COC(=O)C(O)c1ccc2c(c1)C(=O)N(C(C)C)C2. The summed E-state index contributed by atoms with van der Waals surface area (Å²) in [5.41, 5.74) is 1.85. The van der Waals surface area contributed by atoms with E-state index in [-0.39, 0.29) is 11.9 Å². The quantitative estimate of drug-likeness (QED) is 0.834. The second-order valence-corrected chi connectivity index (χ2v) is 4.87. The first-order chi connectivity index (χ1) is 8.95. The van der Waals surface area contributed by atoms with Crippen molar-refractivity contribution in [1.82, 2.24) is 4.90 Å². The maximum atomic E-state index is 12.2. The summed E-state index contributed by atoms with van der Waals surface area (Å²) in [5.74, 6) is -0.796. The zero-order chi connectivity index (χ0) is 14.2. The van der Waals surface area contributed by atoms with E-state index in [4.69, 9.17) is 0 Å². The van der Waals surface area contributed by atoms with E-state index in [0.29, 0.717) is 17.7 Å². The molecule has 0 aromatic heterocycles. The van der Waals surface area contributed by atoms with Crippen LogP contribution < -0.4 is 0 Å². The van der Waals surface area contributed by atoms with Crippen molar-refractivity contribution in [2.24, 2.45) is 0 Å². The second-order valence-electron chi connectivity index (χ2n) is 4.87. The Hall–Kier alpha value is -1.88. The molecule has 1 aliphatic rings. The number of rotatable bonds is 3. The van der Waals surface area contributed by atoms with Crippen LogP contribution in [0.1, 0.15) is 41.4 Å². The number of hydrogen-bond donors (Lipinski definition) is 1. The van der Waals surface area contributed by atoms with Crippen LogP contribution in [0.2, 0.25) is 0 Å². The summed E-state index contributed by atoms with van der Waals surface area (Å²) in [6, 6.07) is 5.12. The molecule has 1 N–H and O–H groups in total. The van der Waals surface area contributed by atoms with Gasteiger partial charge in [0.1, 0.15) is 0 Å². The number of nitrogens with zero attached hydrogens (tertiary/aromatic N) is 1. The van der Waals surface area contributed by atoms with Crippen LogP contribution in [0.15, 0.2) is 18.2 Å². The fraction of sp³-hybridized carbons (Fsp3) is 0.429. The zero-order valence-corrected chi connectivity index (χ0v) is 11.2. The highest BCUT2D eigenvalue weighted by molar-refractivity contribution is 5.99. The third-order valence-electron chi connectivity index (χ3n) is 3.33. The highest BCUT2D eigenvalue weighted by Crippen LogP contribution is 2.27. The van der Waals surface area contributed by atoms with Crippen molar-refractivity contribution in [1.29, 1.82) is 0 Å². The maximum Gasteiger partial charge on any atom is 0.339 e. The van der Waals surface area contributed by atoms with Crippen molar-refractivity contribution in [3.05, 3.63) is 34.9 Å². The Balaban J connectivity index is 2.32. The van der Waals surface area contributed by atoms with Gasteiger partial charge in [-0.25, -0.2) is 4.79 Å². The Labute approximate surface area is 111 Å². The van der Waals surface area contributed by atoms with Gasteiger partial charge in [-0.2, -0.15) is 0 Å². The van der Waals surface area contributed by atoms with Crippen LogP contribution in [-0.2, 0) is 16.1 Å². The minimum atomic E-state index is -1.35. The Kier molecular flexibility index (Phi) is 3.57. The van der Waals surface area contributed by atoms with Gasteiger partial charge in [0.2, 0.25) is 0 Å². The summed E-state index contributed by atoms with van der Waals surface area (Å²) < 4.78 is 4.49. The number of esters is 1. The molecule has 0 radical (unpaired) electrons. The zero-order valence-electron chi connectivity index (χ0n) is 11.2. The van der Waals surface area contributed by atoms with Crippen molar-refractivity contribution in [2.45, 2.75) is 32.5 Å². The Morgan fingerprint density at radius 2 is 2.11 bits per heavy atom. The second kappa shape index (κ2) is 5.01. The van der Waals surface area contributed by atoms with E-state index in [1.165, 1.54) is 7.11 Å². The fourth-order valence-corrected chi connectivity index (χ4v) is 2.18. The van der Waals surface area contributed by atoms with Gasteiger partial charge in [-0.1, -0.05) is 12.1 Å².